The van der Waals surface area contributed by atoms with Crippen LogP contribution in [0.25, 0.3) is 0 Å². The van der Waals surface area contributed by atoms with Gasteiger partial charge in [0, 0.05) is 38.5 Å². The molecule has 118 valence electrons. The molecule has 1 aromatic carbocycles. The summed E-state index contributed by atoms with van der Waals surface area (Å²) in [5.74, 6) is 0. The van der Waals surface area contributed by atoms with Crippen LogP contribution < -0.4 is 10.2 Å². The largest absolute Gasteiger partial charge is 0.396 e. The highest BCUT2D eigenvalue weighted by Gasteiger charge is 2.16. The van der Waals surface area contributed by atoms with Crippen LogP contribution in [0.2, 0.25) is 0 Å². The molecule has 1 saturated heterocycles. The van der Waals surface area contributed by atoms with Crippen molar-refractivity contribution in [1.29, 1.82) is 0 Å². The molecule has 1 aliphatic heterocycles. The fourth-order valence-corrected chi connectivity index (χ4v) is 2.99. The molecule has 21 heavy (non-hydrogen) atoms. The van der Waals surface area contributed by atoms with Crippen molar-refractivity contribution in [2.45, 2.75) is 46.1 Å². The minimum absolute atomic E-state index is 0.248. The standard InChI is InChI=1S/C18H30N2O/c1-18(2,10-5-13-21)15-19-14-16-6-8-17(9-7-16)20-11-3-4-12-20/h6-9,19,21H,3-5,10-15H2,1-2H3. The summed E-state index contributed by atoms with van der Waals surface area (Å²) in [5.41, 5.74) is 2.95. The second kappa shape index (κ2) is 7.81. The second-order valence-electron chi connectivity index (χ2n) is 6.96. The van der Waals surface area contributed by atoms with E-state index in [9.17, 15) is 0 Å². The highest BCUT2D eigenvalue weighted by molar-refractivity contribution is 5.48. The van der Waals surface area contributed by atoms with Crippen LogP contribution >= 0.6 is 0 Å². The average Bonchev–Trinajstić information content (AvgIpc) is 3.00. The van der Waals surface area contributed by atoms with Gasteiger partial charge in [0.2, 0.25) is 0 Å². The van der Waals surface area contributed by atoms with E-state index < -0.39 is 0 Å². The van der Waals surface area contributed by atoms with E-state index in [2.05, 4.69) is 48.3 Å². The normalized spacial score (nSPS) is 15.7. The second-order valence-corrected chi connectivity index (χ2v) is 6.96. The van der Waals surface area contributed by atoms with Crippen LogP contribution in [0.4, 0.5) is 5.69 Å². The molecule has 0 bridgehead atoms. The van der Waals surface area contributed by atoms with Crippen molar-refractivity contribution < 1.29 is 5.11 Å². The Bertz CT molecular complexity index is 408. The number of rotatable bonds is 8. The van der Waals surface area contributed by atoms with Crippen LogP contribution in [0, 0.1) is 5.41 Å². The van der Waals surface area contributed by atoms with Crippen molar-refractivity contribution in [1.82, 2.24) is 5.32 Å². The van der Waals surface area contributed by atoms with Gasteiger partial charge in [0.15, 0.2) is 0 Å². The molecular formula is C18H30N2O. The van der Waals surface area contributed by atoms with Gasteiger partial charge in [-0.05, 0) is 48.8 Å². The lowest BCUT2D eigenvalue weighted by atomic mass is 9.88. The van der Waals surface area contributed by atoms with E-state index in [0.717, 1.165) is 25.9 Å². The number of nitrogens with one attached hydrogen (secondary N) is 1. The molecule has 0 unspecified atom stereocenters. The summed E-state index contributed by atoms with van der Waals surface area (Å²) in [4.78, 5) is 2.47. The van der Waals surface area contributed by atoms with E-state index in [0.29, 0.717) is 6.61 Å². The number of nitrogens with zero attached hydrogens (tertiary/aromatic N) is 1. The highest BCUT2D eigenvalue weighted by atomic mass is 16.2. The lowest BCUT2D eigenvalue weighted by Crippen LogP contribution is -2.29. The minimum atomic E-state index is 0.248. The third-order valence-electron chi connectivity index (χ3n) is 4.35. The maximum atomic E-state index is 8.92. The molecular weight excluding hydrogens is 260 g/mol. The number of benzene rings is 1. The van der Waals surface area contributed by atoms with Crippen molar-refractivity contribution in [3.63, 3.8) is 0 Å². The molecule has 0 saturated carbocycles. The van der Waals surface area contributed by atoms with Crippen LogP contribution in [0.5, 0.6) is 0 Å². The van der Waals surface area contributed by atoms with Crippen molar-refractivity contribution in [2.24, 2.45) is 5.41 Å². The fourth-order valence-electron chi connectivity index (χ4n) is 2.99. The average molecular weight is 290 g/mol. The van der Waals surface area contributed by atoms with Crippen molar-refractivity contribution in [3.8, 4) is 0 Å². The van der Waals surface area contributed by atoms with E-state index >= 15 is 0 Å². The minimum Gasteiger partial charge on any atom is -0.396 e. The van der Waals surface area contributed by atoms with E-state index in [-0.39, 0.29) is 5.41 Å². The quantitative estimate of drug-likeness (QED) is 0.772. The SMILES string of the molecule is CC(C)(CCCO)CNCc1ccc(N2CCCC2)cc1. The predicted octanol–water partition coefficient (Wildman–Crippen LogP) is 3.18. The van der Waals surface area contributed by atoms with Gasteiger partial charge >= 0.3 is 0 Å². The van der Waals surface area contributed by atoms with Crippen LogP contribution in [-0.4, -0.2) is 31.3 Å². The summed E-state index contributed by atoms with van der Waals surface area (Å²) in [6.45, 7) is 9.12. The third kappa shape index (κ3) is 5.33. The molecule has 0 spiro atoms. The smallest absolute Gasteiger partial charge is 0.0431 e. The van der Waals surface area contributed by atoms with E-state index in [1.165, 1.54) is 37.2 Å². The maximum absolute atomic E-state index is 8.92. The molecule has 3 nitrogen and oxygen atoms in total. The lowest BCUT2D eigenvalue weighted by molar-refractivity contribution is 0.236. The summed E-state index contributed by atoms with van der Waals surface area (Å²) >= 11 is 0. The molecule has 2 rings (SSSR count). The highest BCUT2D eigenvalue weighted by Crippen LogP contribution is 2.22. The number of hydrogen-bond acceptors (Lipinski definition) is 3. The van der Waals surface area contributed by atoms with Crippen LogP contribution in [0.1, 0.15) is 45.1 Å². The Morgan fingerprint density at radius 2 is 1.81 bits per heavy atom. The van der Waals surface area contributed by atoms with Gasteiger partial charge in [0.1, 0.15) is 0 Å². The Balaban J connectivity index is 1.75. The Hall–Kier alpha value is -1.06. The van der Waals surface area contributed by atoms with Crippen LogP contribution in [0.3, 0.4) is 0 Å². The van der Waals surface area contributed by atoms with Crippen molar-refractivity contribution >= 4 is 5.69 Å². The molecule has 0 aliphatic carbocycles. The Morgan fingerprint density at radius 3 is 2.43 bits per heavy atom. The summed E-state index contributed by atoms with van der Waals surface area (Å²) in [7, 11) is 0. The van der Waals surface area contributed by atoms with Gasteiger partial charge in [0.05, 0.1) is 0 Å². The van der Waals surface area contributed by atoms with Gasteiger partial charge in [-0.3, -0.25) is 0 Å². The molecule has 0 amide bonds. The third-order valence-corrected chi connectivity index (χ3v) is 4.35. The number of aliphatic hydroxyl groups excluding tert-OH is 1. The molecule has 0 atom stereocenters. The zero-order chi connectivity index (χ0) is 15.1. The molecule has 1 heterocycles. The lowest BCUT2D eigenvalue weighted by Gasteiger charge is -2.25. The molecule has 1 fully saturated rings. The first-order valence-electron chi connectivity index (χ1n) is 8.26. The molecule has 0 aromatic heterocycles. The first-order valence-corrected chi connectivity index (χ1v) is 8.26. The van der Waals surface area contributed by atoms with Crippen molar-refractivity contribution in [3.05, 3.63) is 29.8 Å². The van der Waals surface area contributed by atoms with E-state index in [1.54, 1.807) is 0 Å². The van der Waals surface area contributed by atoms with Gasteiger partial charge in [-0.25, -0.2) is 0 Å². The zero-order valence-electron chi connectivity index (χ0n) is 13.6. The maximum Gasteiger partial charge on any atom is 0.0431 e. The Kier molecular flexibility index (Phi) is 6.07. The summed E-state index contributed by atoms with van der Waals surface area (Å²) in [5, 5.41) is 12.5. The molecule has 3 heteroatoms. The van der Waals surface area contributed by atoms with E-state index in [1.807, 2.05) is 0 Å². The molecule has 0 radical (unpaired) electrons. The first kappa shape index (κ1) is 16.3. The zero-order valence-corrected chi connectivity index (χ0v) is 13.6. The monoisotopic (exact) mass is 290 g/mol. The predicted molar refractivity (Wildman–Crippen MR) is 89.7 cm³/mol. The molecule has 1 aromatic rings. The summed E-state index contributed by atoms with van der Waals surface area (Å²) < 4.78 is 0. The van der Waals surface area contributed by atoms with Gasteiger partial charge < -0.3 is 15.3 Å². The van der Waals surface area contributed by atoms with Gasteiger partial charge in [0.25, 0.3) is 0 Å². The molecule has 1 aliphatic rings. The molecule has 2 N–H and O–H groups in total. The summed E-state index contributed by atoms with van der Waals surface area (Å²) in [6.07, 6.45) is 4.60. The number of anilines is 1. The number of aliphatic hydroxyl groups is 1. The Morgan fingerprint density at radius 1 is 1.14 bits per heavy atom. The first-order chi connectivity index (χ1) is 10.1. The number of hydrogen-bond donors (Lipinski definition) is 2. The van der Waals surface area contributed by atoms with Gasteiger partial charge in [-0.2, -0.15) is 0 Å². The van der Waals surface area contributed by atoms with Gasteiger partial charge in [-0.1, -0.05) is 26.0 Å². The van der Waals surface area contributed by atoms with Crippen molar-refractivity contribution in [2.75, 3.05) is 31.1 Å². The van der Waals surface area contributed by atoms with E-state index in [4.69, 9.17) is 5.11 Å². The van der Waals surface area contributed by atoms with Crippen LogP contribution in [-0.2, 0) is 6.54 Å². The van der Waals surface area contributed by atoms with Crippen LogP contribution in [0.15, 0.2) is 24.3 Å². The summed E-state index contributed by atoms with van der Waals surface area (Å²) in [6, 6.07) is 8.97. The Labute approximate surface area is 129 Å². The van der Waals surface area contributed by atoms with Gasteiger partial charge in [-0.15, -0.1) is 0 Å². The fraction of sp³-hybridized carbons (Fsp3) is 0.667. The topological polar surface area (TPSA) is 35.5 Å².